The van der Waals surface area contributed by atoms with Gasteiger partial charge < -0.3 is 9.16 Å². The van der Waals surface area contributed by atoms with E-state index in [0.717, 1.165) is 23.7 Å². The van der Waals surface area contributed by atoms with Gasteiger partial charge in [-0.05, 0) is 41.3 Å². The van der Waals surface area contributed by atoms with E-state index in [9.17, 15) is 0 Å². The monoisotopic (exact) mass is 360 g/mol. The van der Waals surface area contributed by atoms with Gasteiger partial charge in [0.1, 0.15) is 11.5 Å². The first kappa shape index (κ1) is 20.1. The Morgan fingerprint density at radius 2 is 1.64 bits per heavy atom. The fourth-order valence-corrected chi connectivity index (χ4v) is 4.46. The molecule has 1 aromatic rings. The molecule has 3 heteroatoms. The van der Waals surface area contributed by atoms with Crippen molar-refractivity contribution in [2.24, 2.45) is 10.8 Å². The van der Waals surface area contributed by atoms with Crippen LogP contribution in [0.5, 0.6) is 5.75 Å². The van der Waals surface area contributed by atoms with Gasteiger partial charge in [-0.15, -0.1) is 0 Å². The minimum absolute atomic E-state index is 0.0594. The minimum Gasteiger partial charge on any atom is -0.543 e. The van der Waals surface area contributed by atoms with E-state index < -0.39 is 8.32 Å². The highest BCUT2D eigenvalue weighted by Crippen LogP contribution is 2.49. The zero-order chi connectivity index (χ0) is 19.3. The second-order valence-corrected chi connectivity index (χ2v) is 15.2. The molecule has 0 aromatic heterocycles. The Morgan fingerprint density at radius 1 is 1.04 bits per heavy atom. The molecule has 0 spiro atoms. The largest absolute Gasteiger partial charge is 0.543 e. The van der Waals surface area contributed by atoms with Gasteiger partial charge in [-0.25, -0.2) is 0 Å². The first-order valence-electron chi connectivity index (χ1n) is 9.33. The standard InChI is InChI=1S/C22H36O2Si/c1-20(2,3)19-18(23-15-22(19,7)8)16-12-11-13-17(14-16)24-25(9,10)21(4,5)6/h11-14H,15H2,1-10H3. The Morgan fingerprint density at radius 3 is 2.16 bits per heavy atom. The molecule has 25 heavy (non-hydrogen) atoms. The van der Waals surface area contributed by atoms with Gasteiger partial charge in [0.15, 0.2) is 0 Å². The Balaban J connectivity index is 2.46. The van der Waals surface area contributed by atoms with Gasteiger partial charge in [0.05, 0.1) is 6.61 Å². The lowest BCUT2D eigenvalue weighted by atomic mass is 9.71. The normalized spacial score (nSPS) is 18.3. The summed E-state index contributed by atoms with van der Waals surface area (Å²) in [4.78, 5) is 0. The van der Waals surface area contributed by atoms with Crippen molar-refractivity contribution in [3.63, 3.8) is 0 Å². The highest BCUT2D eigenvalue weighted by Gasteiger charge is 2.42. The van der Waals surface area contributed by atoms with Crippen LogP contribution < -0.4 is 4.43 Å². The molecule has 0 bridgehead atoms. The quantitative estimate of drug-likeness (QED) is 0.547. The number of ether oxygens (including phenoxy) is 1. The molecule has 1 heterocycles. The van der Waals surface area contributed by atoms with E-state index in [0.29, 0.717) is 0 Å². The fourth-order valence-electron chi connectivity index (χ4n) is 3.44. The molecule has 1 aliphatic heterocycles. The molecule has 0 N–H and O–H groups in total. The fraction of sp³-hybridized carbons (Fsp3) is 0.636. The van der Waals surface area contributed by atoms with Crippen LogP contribution in [-0.4, -0.2) is 14.9 Å². The van der Waals surface area contributed by atoms with Crippen LogP contribution >= 0.6 is 0 Å². The molecular weight excluding hydrogens is 324 g/mol. The van der Waals surface area contributed by atoms with Crippen LogP contribution in [-0.2, 0) is 4.74 Å². The maximum atomic E-state index is 6.50. The van der Waals surface area contributed by atoms with Gasteiger partial charge in [0.25, 0.3) is 0 Å². The van der Waals surface area contributed by atoms with Crippen molar-refractivity contribution in [3.8, 4) is 5.75 Å². The van der Waals surface area contributed by atoms with Crippen molar-refractivity contribution in [2.45, 2.75) is 73.5 Å². The van der Waals surface area contributed by atoms with Gasteiger partial charge >= 0.3 is 0 Å². The lowest BCUT2D eigenvalue weighted by molar-refractivity contribution is 0.213. The van der Waals surface area contributed by atoms with Crippen LogP contribution in [0.25, 0.3) is 5.76 Å². The van der Waals surface area contributed by atoms with E-state index in [2.05, 4.69) is 92.7 Å². The zero-order valence-corrected chi connectivity index (χ0v) is 18.8. The van der Waals surface area contributed by atoms with Crippen LogP contribution in [0.4, 0.5) is 0 Å². The average Bonchev–Trinajstić information content (AvgIpc) is 2.72. The van der Waals surface area contributed by atoms with Crippen molar-refractivity contribution in [1.82, 2.24) is 0 Å². The van der Waals surface area contributed by atoms with Crippen molar-refractivity contribution in [1.29, 1.82) is 0 Å². The number of hydrogen-bond donors (Lipinski definition) is 0. The summed E-state index contributed by atoms with van der Waals surface area (Å²) in [7, 11) is -1.85. The third kappa shape index (κ3) is 4.13. The summed E-state index contributed by atoms with van der Waals surface area (Å²) in [6.07, 6.45) is 0. The summed E-state index contributed by atoms with van der Waals surface area (Å²) in [6.45, 7) is 23.5. The van der Waals surface area contributed by atoms with Crippen LogP contribution in [0.1, 0.15) is 61.0 Å². The maximum Gasteiger partial charge on any atom is 0.250 e. The lowest BCUT2D eigenvalue weighted by Crippen LogP contribution is -2.43. The first-order valence-corrected chi connectivity index (χ1v) is 12.2. The van der Waals surface area contributed by atoms with Gasteiger partial charge in [-0.2, -0.15) is 0 Å². The molecule has 0 unspecified atom stereocenters. The van der Waals surface area contributed by atoms with Crippen LogP contribution in [0.3, 0.4) is 0 Å². The average molecular weight is 361 g/mol. The van der Waals surface area contributed by atoms with E-state index in [1.807, 2.05) is 0 Å². The third-order valence-corrected chi connectivity index (χ3v) is 9.86. The maximum absolute atomic E-state index is 6.50. The van der Waals surface area contributed by atoms with Crippen molar-refractivity contribution in [2.75, 3.05) is 6.61 Å². The summed E-state index contributed by atoms with van der Waals surface area (Å²) < 4.78 is 12.7. The topological polar surface area (TPSA) is 18.5 Å². The Bertz CT molecular complexity index is 670. The number of rotatable bonds is 3. The van der Waals surface area contributed by atoms with E-state index >= 15 is 0 Å². The highest BCUT2D eigenvalue weighted by molar-refractivity contribution is 6.74. The molecule has 0 atom stereocenters. The molecule has 2 nitrogen and oxygen atoms in total. The molecular formula is C22H36O2Si. The van der Waals surface area contributed by atoms with Gasteiger partial charge in [0.2, 0.25) is 8.32 Å². The molecule has 0 saturated heterocycles. The molecule has 0 radical (unpaired) electrons. The number of hydrogen-bond acceptors (Lipinski definition) is 2. The molecule has 2 rings (SSSR count). The van der Waals surface area contributed by atoms with Crippen LogP contribution in [0, 0.1) is 10.8 Å². The highest BCUT2D eigenvalue weighted by atomic mass is 28.4. The molecule has 1 aliphatic rings. The minimum atomic E-state index is -1.85. The molecule has 0 fully saturated rings. The van der Waals surface area contributed by atoms with Crippen molar-refractivity contribution < 1.29 is 9.16 Å². The second-order valence-electron chi connectivity index (χ2n) is 10.5. The van der Waals surface area contributed by atoms with E-state index in [1.165, 1.54) is 5.57 Å². The summed E-state index contributed by atoms with van der Waals surface area (Å²) in [5.41, 5.74) is 2.66. The molecule has 0 aliphatic carbocycles. The summed E-state index contributed by atoms with van der Waals surface area (Å²) in [5, 5.41) is 0.185. The Hall–Kier alpha value is -1.22. The predicted octanol–water partition coefficient (Wildman–Crippen LogP) is 6.88. The SMILES string of the molecule is CC(C)(C)C1=C(c2cccc(O[Si](C)(C)C(C)(C)C)c2)OCC1(C)C. The molecule has 1 aromatic carbocycles. The van der Waals surface area contributed by atoms with Crippen molar-refractivity contribution >= 4 is 14.1 Å². The predicted molar refractivity (Wildman–Crippen MR) is 110 cm³/mol. The third-order valence-electron chi connectivity index (χ3n) is 5.51. The summed E-state index contributed by atoms with van der Waals surface area (Å²) in [6, 6.07) is 8.45. The van der Waals surface area contributed by atoms with Crippen LogP contribution in [0.2, 0.25) is 18.1 Å². The van der Waals surface area contributed by atoms with E-state index in [1.54, 1.807) is 0 Å². The van der Waals surface area contributed by atoms with Gasteiger partial charge in [-0.3, -0.25) is 0 Å². The second kappa shape index (κ2) is 6.19. The van der Waals surface area contributed by atoms with Crippen molar-refractivity contribution in [3.05, 3.63) is 35.4 Å². The Kier molecular flexibility index (Phi) is 4.97. The molecule has 0 amide bonds. The summed E-state index contributed by atoms with van der Waals surface area (Å²) in [5.74, 6) is 2.00. The number of benzene rings is 1. The van der Waals surface area contributed by atoms with E-state index in [-0.39, 0.29) is 15.9 Å². The smallest absolute Gasteiger partial charge is 0.250 e. The first-order chi connectivity index (χ1) is 11.2. The van der Waals surface area contributed by atoms with Crippen LogP contribution in [0.15, 0.2) is 29.8 Å². The molecule has 0 saturated carbocycles. The zero-order valence-electron chi connectivity index (χ0n) is 17.8. The van der Waals surface area contributed by atoms with Gasteiger partial charge in [-0.1, -0.05) is 67.5 Å². The lowest BCUT2D eigenvalue weighted by Gasteiger charge is -2.36. The van der Waals surface area contributed by atoms with E-state index in [4.69, 9.17) is 9.16 Å². The molecule has 140 valence electrons. The van der Waals surface area contributed by atoms with Gasteiger partial charge in [0, 0.05) is 11.0 Å². The Labute approximate surface area is 155 Å². The summed E-state index contributed by atoms with van der Waals surface area (Å²) >= 11 is 0.